The van der Waals surface area contributed by atoms with Crippen molar-refractivity contribution in [3.8, 4) is 0 Å². The van der Waals surface area contributed by atoms with Gasteiger partial charge in [0.1, 0.15) is 5.02 Å². The Kier molecular flexibility index (Phi) is 5.45. The highest BCUT2D eigenvalue weighted by Crippen LogP contribution is 2.31. The van der Waals surface area contributed by atoms with Crippen LogP contribution in [-0.2, 0) is 12.8 Å². The number of hydrogen-bond donors (Lipinski definition) is 0. The molecule has 1 aliphatic heterocycles. The first-order valence-corrected chi connectivity index (χ1v) is 8.57. The number of benzene rings is 1. The molecule has 0 bridgehead atoms. The first-order chi connectivity index (χ1) is 12.3. The fourth-order valence-corrected chi connectivity index (χ4v) is 3.03. The van der Waals surface area contributed by atoms with E-state index in [2.05, 4.69) is 5.10 Å². The number of rotatable bonds is 3. The Labute approximate surface area is 157 Å². The summed E-state index contributed by atoms with van der Waals surface area (Å²) in [5.74, 6) is 0. The van der Waals surface area contributed by atoms with Gasteiger partial charge in [-0.2, -0.15) is 18.3 Å². The van der Waals surface area contributed by atoms with Crippen LogP contribution in [-0.4, -0.2) is 40.9 Å². The van der Waals surface area contributed by atoms with Crippen LogP contribution in [0.4, 0.5) is 18.9 Å². The van der Waals surface area contributed by atoms with Crippen LogP contribution in [0.25, 0.3) is 0 Å². The molecule has 2 heterocycles. The van der Waals surface area contributed by atoms with E-state index >= 15 is 0 Å². The third-order valence-corrected chi connectivity index (χ3v) is 4.94. The lowest BCUT2D eigenvalue weighted by atomic mass is 10.1. The minimum absolute atomic E-state index is 0.0794. The van der Waals surface area contributed by atoms with E-state index in [-0.39, 0.29) is 16.7 Å². The van der Waals surface area contributed by atoms with E-state index in [4.69, 9.17) is 23.2 Å². The van der Waals surface area contributed by atoms with E-state index < -0.39 is 17.3 Å². The zero-order chi connectivity index (χ0) is 18.9. The highest BCUT2D eigenvalue weighted by Gasteiger charge is 2.31. The summed E-state index contributed by atoms with van der Waals surface area (Å²) in [7, 11) is 0. The number of halogens is 5. The van der Waals surface area contributed by atoms with Crippen LogP contribution in [0.2, 0.25) is 10.0 Å². The minimum atomic E-state index is -4.36. The lowest BCUT2D eigenvalue weighted by molar-refractivity contribution is -0.137. The zero-order valence-electron chi connectivity index (χ0n) is 13.5. The van der Waals surface area contributed by atoms with Gasteiger partial charge >= 0.3 is 6.18 Å². The molecule has 0 spiro atoms. The standard InChI is InChI=1S/C16H15Cl2F3N4O/c17-13-9-22-25(15(26)14(13)18)10-23-4-6-24(7-5-23)12-3-1-2-11(8-12)16(19,20)21/h1-3,8-9H,4-7,10H2. The van der Waals surface area contributed by atoms with E-state index in [1.807, 2.05) is 9.80 Å². The van der Waals surface area contributed by atoms with Crippen molar-refractivity contribution in [3.63, 3.8) is 0 Å². The quantitative estimate of drug-likeness (QED) is 0.783. The zero-order valence-corrected chi connectivity index (χ0v) is 15.0. The Morgan fingerprint density at radius 2 is 1.81 bits per heavy atom. The van der Waals surface area contributed by atoms with E-state index in [0.29, 0.717) is 31.9 Å². The second-order valence-electron chi connectivity index (χ2n) is 5.91. The van der Waals surface area contributed by atoms with Crippen LogP contribution in [0.15, 0.2) is 35.3 Å². The van der Waals surface area contributed by atoms with Crippen LogP contribution >= 0.6 is 23.2 Å². The van der Waals surface area contributed by atoms with Gasteiger partial charge < -0.3 is 4.90 Å². The number of anilines is 1. The average Bonchev–Trinajstić information content (AvgIpc) is 2.62. The van der Waals surface area contributed by atoms with E-state index in [1.54, 1.807) is 6.07 Å². The molecule has 2 aromatic rings. The maximum atomic E-state index is 12.9. The van der Waals surface area contributed by atoms with Crippen molar-refractivity contribution in [2.24, 2.45) is 0 Å². The molecule has 0 saturated carbocycles. The summed E-state index contributed by atoms with van der Waals surface area (Å²) in [5.41, 5.74) is -0.604. The average molecular weight is 407 g/mol. The molecule has 1 aromatic carbocycles. The third-order valence-electron chi connectivity index (χ3n) is 4.19. The molecule has 1 aliphatic rings. The maximum Gasteiger partial charge on any atom is 0.416 e. The molecular formula is C16H15Cl2F3N4O. The third kappa shape index (κ3) is 4.13. The van der Waals surface area contributed by atoms with Gasteiger partial charge in [0, 0.05) is 31.9 Å². The predicted molar refractivity (Wildman–Crippen MR) is 93.7 cm³/mol. The molecule has 1 fully saturated rings. The predicted octanol–water partition coefficient (Wildman–Crippen LogP) is 3.35. The van der Waals surface area contributed by atoms with Crippen LogP contribution in [0.3, 0.4) is 0 Å². The number of nitrogens with zero attached hydrogens (tertiary/aromatic N) is 4. The molecule has 140 valence electrons. The van der Waals surface area contributed by atoms with Crippen molar-refractivity contribution in [2.75, 3.05) is 31.1 Å². The van der Waals surface area contributed by atoms with Crippen LogP contribution in [0.5, 0.6) is 0 Å². The lowest BCUT2D eigenvalue weighted by Crippen LogP contribution is -2.48. The fraction of sp³-hybridized carbons (Fsp3) is 0.375. The van der Waals surface area contributed by atoms with Crippen molar-refractivity contribution < 1.29 is 13.2 Å². The van der Waals surface area contributed by atoms with Crippen LogP contribution in [0, 0.1) is 0 Å². The summed E-state index contributed by atoms with van der Waals surface area (Å²) in [6.45, 7) is 2.47. The highest BCUT2D eigenvalue weighted by atomic mass is 35.5. The van der Waals surface area contributed by atoms with Gasteiger partial charge in [-0.3, -0.25) is 9.69 Å². The van der Waals surface area contributed by atoms with Gasteiger partial charge in [-0.05, 0) is 18.2 Å². The SMILES string of the molecule is O=c1c(Cl)c(Cl)cnn1CN1CCN(c2cccc(C(F)(F)F)c2)CC1. The molecule has 5 nitrogen and oxygen atoms in total. The summed E-state index contributed by atoms with van der Waals surface area (Å²) in [6, 6.07) is 5.28. The Balaban J connectivity index is 1.65. The smallest absolute Gasteiger partial charge is 0.369 e. The Hall–Kier alpha value is -1.77. The fourth-order valence-electron chi connectivity index (χ4n) is 2.76. The monoisotopic (exact) mass is 406 g/mol. The lowest BCUT2D eigenvalue weighted by Gasteiger charge is -2.36. The first kappa shape index (κ1) is 19.0. The summed E-state index contributed by atoms with van der Waals surface area (Å²) in [6.07, 6.45) is -3.05. The number of alkyl halides is 3. The topological polar surface area (TPSA) is 41.4 Å². The summed E-state index contributed by atoms with van der Waals surface area (Å²) < 4.78 is 39.8. The van der Waals surface area contributed by atoms with Gasteiger partial charge in [-0.15, -0.1) is 0 Å². The molecule has 1 saturated heterocycles. The van der Waals surface area contributed by atoms with Crippen LogP contribution in [0.1, 0.15) is 5.56 Å². The van der Waals surface area contributed by atoms with Crippen LogP contribution < -0.4 is 10.5 Å². The second kappa shape index (κ2) is 7.46. The van der Waals surface area contributed by atoms with Gasteiger partial charge in [0.05, 0.1) is 23.5 Å². The van der Waals surface area contributed by atoms with Crippen molar-refractivity contribution >= 4 is 28.9 Å². The summed E-state index contributed by atoms with van der Waals surface area (Å²) >= 11 is 11.6. The van der Waals surface area contributed by atoms with E-state index in [1.165, 1.54) is 16.9 Å². The molecule has 3 rings (SSSR count). The molecule has 0 radical (unpaired) electrons. The number of hydrogen-bond acceptors (Lipinski definition) is 4. The molecule has 0 amide bonds. The number of piperazine rings is 1. The van der Waals surface area contributed by atoms with Gasteiger partial charge in [0.15, 0.2) is 0 Å². The molecule has 26 heavy (non-hydrogen) atoms. The largest absolute Gasteiger partial charge is 0.416 e. The molecule has 10 heteroatoms. The Bertz CT molecular complexity index is 848. The number of aromatic nitrogens is 2. The molecule has 0 aliphatic carbocycles. The molecular weight excluding hydrogens is 392 g/mol. The Morgan fingerprint density at radius 3 is 2.46 bits per heavy atom. The Morgan fingerprint density at radius 1 is 1.12 bits per heavy atom. The minimum Gasteiger partial charge on any atom is -0.369 e. The molecule has 0 N–H and O–H groups in total. The molecule has 0 unspecified atom stereocenters. The van der Waals surface area contributed by atoms with Crippen molar-refractivity contribution in [1.29, 1.82) is 0 Å². The summed E-state index contributed by atoms with van der Waals surface area (Å²) in [5, 5.41) is 3.98. The van der Waals surface area contributed by atoms with Crippen molar-refractivity contribution in [3.05, 3.63) is 56.4 Å². The van der Waals surface area contributed by atoms with Gasteiger partial charge in [-0.25, -0.2) is 4.68 Å². The van der Waals surface area contributed by atoms with E-state index in [0.717, 1.165) is 12.1 Å². The van der Waals surface area contributed by atoms with Gasteiger partial charge in [0.25, 0.3) is 5.56 Å². The normalized spacial score (nSPS) is 16.1. The van der Waals surface area contributed by atoms with E-state index in [9.17, 15) is 18.0 Å². The highest BCUT2D eigenvalue weighted by molar-refractivity contribution is 6.41. The molecule has 1 aromatic heterocycles. The molecule has 0 atom stereocenters. The summed E-state index contributed by atoms with van der Waals surface area (Å²) in [4.78, 5) is 15.9. The van der Waals surface area contributed by atoms with Gasteiger partial charge in [-0.1, -0.05) is 29.3 Å². The first-order valence-electron chi connectivity index (χ1n) is 7.81. The van der Waals surface area contributed by atoms with Crippen molar-refractivity contribution in [1.82, 2.24) is 14.7 Å². The van der Waals surface area contributed by atoms with Crippen molar-refractivity contribution in [2.45, 2.75) is 12.8 Å². The van der Waals surface area contributed by atoms with Gasteiger partial charge in [0.2, 0.25) is 0 Å². The maximum absolute atomic E-state index is 12.9. The second-order valence-corrected chi connectivity index (χ2v) is 6.69.